The third kappa shape index (κ3) is 2.91. The van der Waals surface area contributed by atoms with Gasteiger partial charge in [0.25, 0.3) is 0 Å². The normalized spacial score (nSPS) is 26.2. The molecule has 0 bridgehead atoms. The van der Waals surface area contributed by atoms with Crippen molar-refractivity contribution in [2.75, 3.05) is 26.2 Å². The molecular weight excluding hydrogens is 244 g/mol. The van der Waals surface area contributed by atoms with Crippen molar-refractivity contribution in [1.29, 1.82) is 0 Å². The van der Waals surface area contributed by atoms with Crippen LogP contribution in [0.1, 0.15) is 50.3 Å². The van der Waals surface area contributed by atoms with Gasteiger partial charge in [0.15, 0.2) is 0 Å². The zero-order valence-corrected chi connectivity index (χ0v) is 13.0. The van der Waals surface area contributed by atoms with Gasteiger partial charge in [-0.2, -0.15) is 0 Å². The number of piperidine rings is 1. The molecule has 0 spiro atoms. The second kappa shape index (κ2) is 5.87. The van der Waals surface area contributed by atoms with Gasteiger partial charge in [-0.25, -0.2) is 0 Å². The summed E-state index contributed by atoms with van der Waals surface area (Å²) in [5.41, 5.74) is 3.67. The fraction of sp³-hybridized carbons (Fsp3) is 0.667. The average Bonchev–Trinajstić information content (AvgIpc) is 2.50. The first-order chi connectivity index (χ1) is 9.70. The second-order valence-corrected chi connectivity index (χ2v) is 6.92. The zero-order valence-electron chi connectivity index (χ0n) is 13.0. The number of nitrogens with one attached hydrogen (secondary N) is 1. The van der Waals surface area contributed by atoms with Crippen molar-refractivity contribution in [3.8, 4) is 0 Å². The molecule has 1 unspecified atom stereocenters. The van der Waals surface area contributed by atoms with Crippen LogP contribution >= 0.6 is 0 Å². The van der Waals surface area contributed by atoms with Gasteiger partial charge in [-0.3, -0.25) is 0 Å². The maximum absolute atomic E-state index is 3.72. The quantitative estimate of drug-likeness (QED) is 0.907. The van der Waals surface area contributed by atoms with Crippen molar-refractivity contribution in [3.63, 3.8) is 0 Å². The third-order valence-corrected chi connectivity index (χ3v) is 5.57. The first-order valence-electron chi connectivity index (χ1n) is 8.24. The molecule has 3 rings (SSSR count). The molecule has 1 fully saturated rings. The highest BCUT2D eigenvalue weighted by atomic mass is 15.2. The maximum Gasteiger partial charge on any atom is 0.0452 e. The Morgan fingerprint density at radius 3 is 2.75 bits per heavy atom. The summed E-state index contributed by atoms with van der Waals surface area (Å²) in [6.45, 7) is 9.64. The van der Waals surface area contributed by atoms with Gasteiger partial charge in [0.05, 0.1) is 0 Å². The van der Waals surface area contributed by atoms with Crippen LogP contribution < -0.4 is 5.32 Å². The Balaban J connectivity index is 1.63. The van der Waals surface area contributed by atoms with E-state index in [0.717, 1.165) is 6.54 Å². The maximum atomic E-state index is 3.72. The lowest BCUT2D eigenvalue weighted by molar-refractivity contribution is 0.105. The summed E-state index contributed by atoms with van der Waals surface area (Å²) >= 11 is 0. The molecule has 2 aliphatic rings. The first-order valence-corrected chi connectivity index (χ1v) is 8.24. The predicted octanol–water partition coefficient (Wildman–Crippen LogP) is 3.39. The highest BCUT2D eigenvalue weighted by Gasteiger charge is 2.30. The molecule has 2 nitrogen and oxygen atoms in total. The molecule has 110 valence electrons. The van der Waals surface area contributed by atoms with Crippen LogP contribution in [-0.2, 0) is 6.42 Å². The monoisotopic (exact) mass is 272 g/mol. The molecule has 2 heteroatoms. The topological polar surface area (TPSA) is 15.3 Å². The number of fused-ring (bicyclic) bond motifs is 1. The Labute approximate surface area is 123 Å². The number of benzene rings is 1. The predicted molar refractivity (Wildman–Crippen MR) is 85.0 cm³/mol. The number of likely N-dealkylation sites (tertiary alicyclic amines) is 1. The van der Waals surface area contributed by atoms with E-state index in [1.54, 1.807) is 5.56 Å². The molecule has 0 radical (unpaired) electrons. The Kier molecular flexibility index (Phi) is 4.13. The van der Waals surface area contributed by atoms with E-state index < -0.39 is 0 Å². The van der Waals surface area contributed by atoms with Crippen LogP contribution in [0.4, 0.5) is 0 Å². The number of rotatable bonds is 3. The molecule has 0 saturated carbocycles. The smallest absolute Gasteiger partial charge is 0.0452 e. The summed E-state index contributed by atoms with van der Waals surface area (Å²) < 4.78 is 0. The SMILES string of the molecule is CCC1(C)CCN(CC2NCCc3ccccc32)CC1. The summed E-state index contributed by atoms with van der Waals surface area (Å²) in [5, 5.41) is 3.72. The van der Waals surface area contributed by atoms with E-state index in [1.807, 2.05) is 0 Å². The molecular formula is C18H28N2. The van der Waals surface area contributed by atoms with E-state index in [-0.39, 0.29) is 0 Å². The molecule has 1 atom stereocenters. The van der Waals surface area contributed by atoms with Crippen LogP contribution in [-0.4, -0.2) is 31.1 Å². The van der Waals surface area contributed by atoms with Crippen molar-refractivity contribution in [2.24, 2.45) is 5.41 Å². The summed E-state index contributed by atoms with van der Waals surface area (Å²) in [7, 11) is 0. The second-order valence-electron chi connectivity index (χ2n) is 6.92. The number of nitrogens with zero attached hydrogens (tertiary/aromatic N) is 1. The highest BCUT2D eigenvalue weighted by Crippen LogP contribution is 2.34. The zero-order chi connectivity index (χ0) is 14.0. The van der Waals surface area contributed by atoms with Gasteiger partial charge in [-0.1, -0.05) is 44.5 Å². The van der Waals surface area contributed by atoms with Gasteiger partial charge in [-0.15, -0.1) is 0 Å². The summed E-state index contributed by atoms with van der Waals surface area (Å²) in [5.74, 6) is 0. The molecule has 2 aliphatic heterocycles. The molecule has 0 aromatic heterocycles. The third-order valence-electron chi connectivity index (χ3n) is 5.57. The van der Waals surface area contributed by atoms with Gasteiger partial charge in [0, 0.05) is 12.6 Å². The fourth-order valence-electron chi connectivity index (χ4n) is 3.64. The van der Waals surface area contributed by atoms with Crippen LogP contribution in [0.2, 0.25) is 0 Å². The van der Waals surface area contributed by atoms with Crippen molar-refractivity contribution in [1.82, 2.24) is 10.2 Å². The Morgan fingerprint density at radius 2 is 2.00 bits per heavy atom. The molecule has 2 heterocycles. The van der Waals surface area contributed by atoms with Crippen LogP contribution in [0.25, 0.3) is 0 Å². The van der Waals surface area contributed by atoms with E-state index in [1.165, 1.54) is 50.9 Å². The minimum atomic E-state index is 0.533. The Hall–Kier alpha value is -0.860. The van der Waals surface area contributed by atoms with Gasteiger partial charge in [-0.05, 0) is 55.4 Å². The largest absolute Gasteiger partial charge is 0.309 e. The molecule has 1 aromatic rings. The number of hydrogen-bond acceptors (Lipinski definition) is 2. The van der Waals surface area contributed by atoms with Gasteiger partial charge < -0.3 is 10.2 Å². The van der Waals surface area contributed by atoms with Crippen molar-refractivity contribution < 1.29 is 0 Å². The lowest BCUT2D eigenvalue weighted by Gasteiger charge is -2.41. The molecule has 1 aromatic carbocycles. The van der Waals surface area contributed by atoms with Crippen LogP contribution in [0, 0.1) is 5.41 Å². The van der Waals surface area contributed by atoms with Gasteiger partial charge in [0.2, 0.25) is 0 Å². The minimum absolute atomic E-state index is 0.533. The average molecular weight is 272 g/mol. The Morgan fingerprint density at radius 1 is 1.25 bits per heavy atom. The van der Waals surface area contributed by atoms with E-state index in [4.69, 9.17) is 0 Å². The first kappa shape index (κ1) is 14.1. The van der Waals surface area contributed by atoms with Crippen LogP contribution in [0.15, 0.2) is 24.3 Å². The van der Waals surface area contributed by atoms with Crippen LogP contribution in [0.5, 0.6) is 0 Å². The van der Waals surface area contributed by atoms with Crippen LogP contribution in [0.3, 0.4) is 0 Å². The van der Waals surface area contributed by atoms with Crippen molar-refractivity contribution in [2.45, 2.75) is 45.6 Å². The van der Waals surface area contributed by atoms with Gasteiger partial charge in [0.1, 0.15) is 0 Å². The molecule has 1 N–H and O–H groups in total. The standard InChI is InChI=1S/C18H28N2/c1-3-18(2)9-12-20(13-10-18)14-17-16-7-5-4-6-15(16)8-11-19-17/h4-7,17,19H,3,8-14H2,1-2H3. The summed E-state index contributed by atoms with van der Waals surface area (Å²) in [4.78, 5) is 2.66. The molecule has 20 heavy (non-hydrogen) atoms. The summed E-state index contributed by atoms with van der Waals surface area (Å²) in [6.07, 6.45) is 5.22. The summed E-state index contributed by atoms with van der Waals surface area (Å²) in [6, 6.07) is 9.50. The van der Waals surface area contributed by atoms with Crippen molar-refractivity contribution in [3.05, 3.63) is 35.4 Å². The van der Waals surface area contributed by atoms with E-state index in [2.05, 4.69) is 48.3 Å². The minimum Gasteiger partial charge on any atom is -0.309 e. The fourth-order valence-corrected chi connectivity index (χ4v) is 3.64. The van der Waals surface area contributed by atoms with Gasteiger partial charge >= 0.3 is 0 Å². The van der Waals surface area contributed by atoms with E-state index in [0.29, 0.717) is 11.5 Å². The lowest BCUT2D eigenvalue weighted by Crippen LogP contribution is -2.44. The lowest BCUT2D eigenvalue weighted by atomic mass is 9.78. The number of hydrogen-bond donors (Lipinski definition) is 1. The van der Waals surface area contributed by atoms with E-state index >= 15 is 0 Å². The molecule has 1 saturated heterocycles. The molecule has 0 amide bonds. The highest BCUT2D eigenvalue weighted by molar-refractivity contribution is 5.32. The Bertz CT molecular complexity index is 446. The van der Waals surface area contributed by atoms with E-state index in [9.17, 15) is 0 Å². The van der Waals surface area contributed by atoms with Crippen molar-refractivity contribution >= 4 is 0 Å². The molecule has 0 aliphatic carbocycles.